The van der Waals surface area contributed by atoms with Crippen molar-refractivity contribution < 1.29 is 19.0 Å². The van der Waals surface area contributed by atoms with Crippen molar-refractivity contribution in [2.24, 2.45) is 0 Å². The molecule has 128 valence electrons. The monoisotopic (exact) mass is 343 g/mol. The van der Waals surface area contributed by atoms with Gasteiger partial charge in [0, 0.05) is 11.6 Å². The predicted octanol–water partition coefficient (Wildman–Crippen LogP) is 4.30. The number of ether oxygens (including phenoxy) is 1. The zero-order chi connectivity index (χ0) is 17.2. The first-order chi connectivity index (χ1) is 10.7. The van der Waals surface area contributed by atoms with Crippen LogP contribution >= 0.6 is 11.6 Å². The number of aliphatic hydroxyl groups excluding tert-OH is 1. The van der Waals surface area contributed by atoms with E-state index in [4.69, 9.17) is 16.3 Å². The highest BCUT2D eigenvalue weighted by atomic mass is 35.5. The van der Waals surface area contributed by atoms with Gasteiger partial charge in [-0.15, -0.1) is 0 Å². The number of likely N-dealkylation sites (tertiary alicyclic amines) is 1. The van der Waals surface area contributed by atoms with Crippen LogP contribution in [-0.4, -0.2) is 34.3 Å². The Kier molecular flexibility index (Phi) is 5.53. The van der Waals surface area contributed by atoms with E-state index in [0.29, 0.717) is 18.5 Å². The van der Waals surface area contributed by atoms with Crippen LogP contribution < -0.4 is 0 Å². The molecule has 1 saturated heterocycles. The van der Waals surface area contributed by atoms with Gasteiger partial charge in [0.1, 0.15) is 11.4 Å². The van der Waals surface area contributed by atoms with Crippen LogP contribution in [-0.2, 0) is 4.74 Å². The number of hydrogen-bond donors (Lipinski definition) is 1. The lowest BCUT2D eigenvalue weighted by atomic mass is 9.93. The maximum absolute atomic E-state index is 13.5. The number of carbonyl (C=O) groups is 1. The van der Waals surface area contributed by atoms with Gasteiger partial charge in [-0.3, -0.25) is 0 Å². The molecule has 4 nitrogen and oxygen atoms in total. The molecule has 2 atom stereocenters. The molecule has 23 heavy (non-hydrogen) atoms. The zero-order valence-corrected chi connectivity index (χ0v) is 14.4. The van der Waals surface area contributed by atoms with Gasteiger partial charge >= 0.3 is 6.09 Å². The number of rotatable bonds is 2. The standard InChI is InChI=1S/C17H23ClFNO3/c1-17(2,3)23-16(22)20-7-5-4-6-14(20)15(21)11-8-12(18)10-13(19)9-11/h8-10,14-15,21H,4-7H2,1-3H3/t14-,15+/m1/s1. The van der Waals surface area contributed by atoms with Crippen LogP contribution in [0.15, 0.2) is 18.2 Å². The van der Waals surface area contributed by atoms with Crippen LogP contribution in [0.2, 0.25) is 5.02 Å². The number of hydrogen-bond acceptors (Lipinski definition) is 3. The molecule has 2 rings (SSSR count). The van der Waals surface area contributed by atoms with E-state index >= 15 is 0 Å². The first-order valence-electron chi connectivity index (χ1n) is 7.81. The molecule has 1 aliphatic heterocycles. The van der Waals surface area contributed by atoms with E-state index < -0.39 is 29.7 Å². The van der Waals surface area contributed by atoms with Crippen LogP contribution in [0.3, 0.4) is 0 Å². The van der Waals surface area contributed by atoms with Gasteiger partial charge in [-0.25, -0.2) is 9.18 Å². The summed E-state index contributed by atoms with van der Waals surface area (Å²) in [4.78, 5) is 13.9. The van der Waals surface area contributed by atoms with E-state index in [1.165, 1.54) is 23.1 Å². The third-order valence-corrected chi connectivity index (χ3v) is 3.99. The average Bonchev–Trinajstić information content (AvgIpc) is 2.43. The molecule has 0 saturated carbocycles. The van der Waals surface area contributed by atoms with E-state index in [0.717, 1.165) is 12.8 Å². The Morgan fingerprint density at radius 1 is 1.39 bits per heavy atom. The molecular weight excluding hydrogens is 321 g/mol. The largest absolute Gasteiger partial charge is 0.444 e. The Morgan fingerprint density at radius 2 is 2.09 bits per heavy atom. The number of piperidine rings is 1. The summed E-state index contributed by atoms with van der Waals surface area (Å²) >= 11 is 5.86. The smallest absolute Gasteiger partial charge is 0.410 e. The Hall–Kier alpha value is -1.33. The molecule has 1 aromatic carbocycles. The first kappa shape index (κ1) is 18.0. The molecule has 1 heterocycles. The van der Waals surface area contributed by atoms with Crippen molar-refractivity contribution in [2.45, 2.75) is 57.8 Å². The first-order valence-corrected chi connectivity index (χ1v) is 8.19. The Bertz CT molecular complexity index is 553. The van der Waals surface area contributed by atoms with Gasteiger partial charge in [0.15, 0.2) is 0 Å². The molecule has 0 radical (unpaired) electrons. The van der Waals surface area contributed by atoms with Crippen molar-refractivity contribution in [1.29, 1.82) is 0 Å². The summed E-state index contributed by atoms with van der Waals surface area (Å²) in [6, 6.07) is 3.51. The molecule has 1 aromatic rings. The summed E-state index contributed by atoms with van der Waals surface area (Å²) in [5, 5.41) is 10.9. The molecule has 1 amide bonds. The fraction of sp³-hybridized carbons (Fsp3) is 0.588. The maximum atomic E-state index is 13.5. The van der Waals surface area contributed by atoms with Crippen molar-refractivity contribution in [3.63, 3.8) is 0 Å². The van der Waals surface area contributed by atoms with E-state index in [-0.39, 0.29) is 5.02 Å². The predicted molar refractivity (Wildman–Crippen MR) is 86.9 cm³/mol. The Labute approximate surface area is 141 Å². The van der Waals surface area contributed by atoms with Crippen molar-refractivity contribution >= 4 is 17.7 Å². The topological polar surface area (TPSA) is 49.8 Å². The highest BCUT2D eigenvalue weighted by Crippen LogP contribution is 2.31. The minimum Gasteiger partial charge on any atom is -0.444 e. The molecule has 1 fully saturated rings. The Morgan fingerprint density at radius 3 is 2.70 bits per heavy atom. The van der Waals surface area contributed by atoms with Gasteiger partial charge in [0.2, 0.25) is 0 Å². The van der Waals surface area contributed by atoms with E-state index in [2.05, 4.69) is 0 Å². The lowest BCUT2D eigenvalue weighted by Gasteiger charge is -2.39. The van der Waals surface area contributed by atoms with Crippen molar-refractivity contribution in [3.05, 3.63) is 34.6 Å². The molecule has 0 unspecified atom stereocenters. The lowest BCUT2D eigenvalue weighted by molar-refractivity contribution is -0.0169. The third-order valence-electron chi connectivity index (χ3n) is 3.77. The lowest BCUT2D eigenvalue weighted by Crippen LogP contribution is -2.48. The van der Waals surface area contributed by atoms with Crippen molar-refractivity contribution in [2.75, 3.05) is 6.54 Å². The second-order valence-electron chi connectivity index (χ2n) is 6.88. The van der Waals surface area contributed by atoms with E-state index in [9.17, 15) is 14.3 Å². The fourth-order valence-electron chi connectivity index (χ4n) is 2.80. The average molecular weight is 344 g/mol. The molecule has 1 aliphatic rings. The van der Waals surface area contributed by atoms with E-state index in [1.54, 1.807) is 20.8 Å². The number of nitrogens with zero attached hydrogens (tertiary/aromatic N) is 1. The summed E-state index contributed by atoms with van der Waals surface area (Å²) in [5.74, 6) is -0.508. The Balaban J connectivity index is 2.21. The van der Waals surface area contributed by atoms with Crippen LogP contribution in [0.5, 0.6) is 0 Å². The maximum Gasteiger partial charge on any atom is 0.410 e. The molecule has 0 aromatic heterocycles. The molecule has 0 bridgehead atoms. The number of aliphatic hydroxyl groups is 1. The molecule has 6 heteroatoms. The number of amides is 1. The fourth-order valence-corrected chi connectivity index (χ4v) is 3.03. The van der Waals surface area contributed by atoms with Gasteiger partial charge < -0.3 is 14.7 Å². The minimum absolute atomic E-state index is 0.221. The summed E-state index contributed by atoms with van der Waals surface area (Å²) in [7, 11) is 0. The summed E-state index contributed by atoms with van der Waals surface area (Å²) in [5.41, 5.74) is -0.234. The van der Waals surface area contributed by atoms with Gasteiger partial charge in [0.05, 0.1) is 12.1 Å². The summed E-state index contributed by atoms with van der Waals surface area (Å²) < 4.78 is 18.9. The van der Waals surface area contributed by atoms with Gasteiger partial charge in [0.25, 0.3) is 0 Å². The van der Waals surface area contributed by atoms with Crippen LogP contribution in [0.4, 0.5) is 9.18 Å². The third kappa shape index (κ3) is 4.82. The van der Waals surface area contributed by atoms with Gasteiger partial charge in [-0.1, -0.05) is 11.6 Å². The highest BCUT2D eigenvalue weighted by Gasteiger charge is 2.35. The molecule has 0 spiro atoms. The highest BCUT2D eigenvalue weighted by molar-refractivity contribution is 6.30. The van der Waals surface area contributed by atoms with Crippen molar-refractivity contribution in [1.82, 2.24) is 4.90 Å². The summed E-state index contributed by atoms with van der Waals surface area (Å²) in [6.45, 7) is 5.91. The summed E-state index contributed by atoms with van der Waals surface area (Å²) in [6.07, 6.45) is 0.921. The SMILES string of the molecule is CC(C)(C)OC(=O)N1CCCC[C@@H]1[C@@H](O)c1cc(F)cc(Cl)c1. The molecule has 0 aliphatic carbocycles. The van der Waals surface area contributed by atoms with Crippen molar-refractivity contribution in [3.8, 4) is 0 Å². The number of halogens is 2. The van der Waals surface area contributed by atoms with Crippen LogP contribution in [0.25, 0.3) is 0 Å². The van der Waals surface area contributed by atoms with Crippen LogP contribution in [0.1, 0.15) is 51.7 Å². The van der Waals surface area contributed by atoms with Crippen LogP contribution in [0, 0.1) is 5.82 Å². The molecular formula is C17H23ClFNO3. The second kappa shape index (κ2) is 7.05. The zero-order valence-electron chi connectivity index (χ0n) is 13.7. The number of carbonyl (C=O) groups excluding carboxylic acids is 1. The number of benzene rings is 1. The second-order valence-corrected chi connectivity index (χ2v) is 7.32. The molecule has 1 N–H and O–H groups in total. The van der Waals surface area contributed by atoms with E-state index in [1.807, 2.05) is 0 Å². The minimum atomic E-state index is -1.00. The quantitative estimate of drug-likeness (QED) is 0.870. The van der Waals surface area contributed by atoms with Gasteiger partial charge in [-0.2, -0.15) is 0 Å². The normalized spacial score (nSPS) is 20.3. The van der Waals surface area contributed by atoms with Gasteiger partial charge in [-0.05, 0) is 63.8 Å².